The van der Waals surface area contributed by atoms with E-state index < -0.39 is 0 Å². The third-order valence-electron chi connectivity index (χ3n) is 2.55. The van der Waals surface area contributed by atoms with Crippen molar-refractivity contribution >= 4 is 43.5 Å². The summed E-state index contributed by atoms with van der Waals surface area (Å²) in [6.07, 6.45) is 3.88. The van der Waals surface area contributed by atoms with E-state index in [9.17, 15) is 4.39 Å². The average Bonchev–Trinajstić information content (AvgIpc) is 2.35. The van der Waals surface area contributed by atoms with Gasteiger partial charge in [0.1, 0.15) is 5.82 Å². The van der Waals surface area contributed by atoms with Gasteiger partial charge < -0.3 is 0 Å². The molecule has 0 spiro atoms. The van der Waals surface area contributed by atoms with Crippen LogP contribution < -0.4 is 0 Å². The standard InChI is InChI=1S/C13H9Br2ClFN/c14-9-1-2-13(17)10(6-9)11(15)5-8-3-4-18-7-12(8)16/h1-4,6-7,11H,5H2. The van der Waals surface area contributed by atoms with Gasteiger partial charge in [-0.15, -0.1) is 0 Å². The van der Waals surface area contributed by atoms with Gasteiger partial charge in [-0.25, -0.2) is 4.39 Å². The number of nitrogens with zero attached hydrogens (tertiary/aromatic N) is 1. The van der Waals surface area contributed by atoms with E-state index in [1.807, 2.05) is 6.07 Å². The summed E-state index contributed by atoms with van der Waals surface area (Å²) >= 11 is 12.9. The van der Waals surface area contributed by atoms with Gasteiger partial charge in [-0.3, -0.25) is 4.98 Å². The molecule has 2 rings (SSSR count). The third kappa shape index (κ3) is 3.31. The third-order valence-corrected chi connectivity index (χ3v) is 4.20. The largest absolute Gasteiger partial charge is 0.263 e. The molecule has 0 fully saturated rings. The molecule has 1 aromatic heterocycles. The molecule has 1 nitrogen and oxygen atoms in total. The minimum absolute atomic E-state index is 0.130. The fraction of sp³-hybridized carbons (Fsp3) is 0.154. The molecule has 2 aromatic rings. The topological polar surface area (TPSA) is 12.9 Å². The molecule has 5 heteroatoms. The second-order valence-corrected chi connectivity index (χ2v) is 6.23. The Hall–Kier alpha value is -0.450. The van der Waals surface area contributed by atoms with E-state index in [1.54, 1.807) is 24.5 Å². The van der Waals surface area contributed by atoms with Crippen LogP contribution in [0.3, 0.4) is 0 Å². The van der Waals surface area contributed by atoms with Crippen LogP contribution in [0.15, 0.2) is 41.1 Å². The fourth-order valence-corrected chi connectivity index (χ4v) is 2.90. The quantitative estimate of drug-likeness (QED) is 0.644. The lowest BCUT2D eigenvalue weighted by atomic mass is 10.0. The number of halogens is 4. The van der Waals surface area contributed by atoms with Crippen LogP contribution in [-0.4, -0.2) is 4.98 Å². The normalized spacial score (nSPS) is 12.4. The molecule has 0 saturated carbocycles. The zero-order valence-electron chi connectivity index (χ0n) is 9.21. The summed E-state index contributed by atoms with van der Waals surface area (Å²) in [6, 6.07) is 6.73. The second kappa shape index (κ2) is 6.13. The van der Waals surface area contributed by atoms with Crippen molar-refractivity contribution in [2.24, 2.45) is 0 Å². The van der Waals surface area contributed by atoms with Crippen LogP contribution >= 0.6 is 43.5 Å². The highest BCUT2D eigenvalue weighted by Crippen LogP contribution is 2.32. The van der Waals surface area contributed by atoms with Crippen LogP contribution in [0.1, 0.15) is 16.0 Å². The van der Waals surface area contributed by atoms with E-state index in [-0.39, 0.29) is 10.6 Å². The summed E-state index contributed by atoms with van der Waals surface area (Å²) < 4.78 is 14.6. The van der Waals surface area contributed by atoms with Crippen molar-refractivity contribution < 1.29 is 4.39 Å². The minimum atomic E-state index is -0.231. The van der Waals surface area contributed by atoms with Crippen LogP contribution in [0.2, 0.25) is 5.02 Å². The summed E-state index contributed by atoms with van der Waals surface area (Å²) in [4.78, 5) is 3.80. The van der Waals surface area contributed by atoms with Gasteiger partial charge in [0.15, 0.2) is 0 Å². The molecule has 1 unspecified atom stereocenters. The SMILES string of the molecule is Fc1ccc(Br)cc1C(Br)Cc1ccncc1Cl. The molecular formula is C13H9Br2ClFN. The van der Waals surface area contributed by atoms with Gasteiger partial charge in [0, 0.05) is 27.3 Å². The Kier molecular flexibility index (Phi) is 4.76. The monoisotopic (exact) mass is 391 g/mol. The first-order valence-electron chi connectivity index (χ1n) is 5.25. The zero-order valence-corrected chi connectivity index (χ0v) is 13.1. The smallest absolute Gasteiger partial charge is 0.127 e. The molecule has 1 aromatic carbocycles. The van der Waals surface area contributed by atoms with Crippen LogP contribution in [0.4, 0.5) is 4.39 Å². The van der Waals surface area contributed by atoms with Crippen molar-refractivity contribution in [2.45, 2.75) is 11.2 Å². The summed E-state index contributed by atoms with van der Waals surface area (Å²) in [5.41, 5.74) is 1.55. The average molecular weight is 393 g/mol. The summed E-state index contributed by atoms with van der Waals surface area (Å²) in [5.74, 6) is -0.231. The van der Waals surface area contributed by atoms with Crippen LogP contribution in [-0.2, 0) is 6.42 Å². The molecule has 0 bridgehead atoms. The molecule has 0 aliphatic carbocycles. The van der Waals surface area contributed by atoms with Crippen LogP contribution in [0.25, 0.3) is 0 Å². The van der Waals surface area contributed by atoms with Gasteiger partial charge in [-0.2, -0.15) is 0 Å². The number of hydrogen-bond acceptors (Lipinski definition) is 1. The second-order valence-electron chi connectivity index (χ2n) is 3.80. The molecular weight excluding hydrogens is 384 g/mol. The summed E-state index contributed by atoms with van der Waals surface area (Å²) in [7, 11) is 0. The van der Waals surface area contributed by atoms with Crippen LogP contribution in [0, 0.1) is 5.82 Å². The first-order valence-corrected chi connectivity index (χ1v) is 7.34. The number of aromatic nitrogens is 1. The maximum Gasteiger partial charge on any atom is 0.127 e. The summed E-state index contributed by atoms with van der Waals surface area (Å²) in [5, 5.41) is 0.595. The first-order chi connectivity index (χ1) is 8.58. The Morgan fingerprint density at radius 3 is 2.83 bits per heavy atom. The van der Waals surface area contributed by atoms with Gasteiger partial charge in [-0.05, 0) is 36.2 Å². The fourth-order valence-electron chi connectivity index (χ4n) is 1.63. The number of benzene rings is 1. The minimum Gasteiger partial charge on any atom is -0.263 e. The molecule has 0 N–H and O–H groups in total. The van der Waals surface area contributed by atoms with Gasteiger partial charge in [0.05, 0.1) is 5.02 Å². The molecule has 0 aliphatic rings. The highest BCUT2D eigenvalue weighted by Gasteiger charge is 2.15. The van der Waals surface area contributed by atoms with E-state index in [2.05, 4.69) is 36.8 Å². The Balaban J connectivity index is 2.25. The van der Waals surface area contributed by atoms with Crippen LogP contribution in [0.5, 0.6) is 0 Å². The Morgan fingerprint density at radius 1 is 1.33 bits per heavy atom. The molecule has 1 heterocycles. The van der Waals surface area contributed by atoms with Crippen molar-refractivity contribution in [2.75, 3.05) is 0 Å². The van der Waals surface area contributed by atoms with Crippen molar-refractivity contribution in [1.29, 1.82) is 0 Å². The number of pyridine rings is 1. The van der Waals surface area contributed by atoms with Crippen molar-refractivity contribution in [3.05, 3.63) is 63.1 Å². The Labute approximate surface area is 127 Å². The Morgan fingerprint density at radius 2 is 2.11 bits per heavy atom. The maximum absolute atomic E-state index is 13.7. The van der Waals surface area contributed by atoms with E-state index in [0.29, 0.717) is 17.0 Å². The Bertz CT molecular complexity index is 562. The lowest BCUT2D eigenvalue weighted by Crippen LogP contribution is -1.99. The van der Waals surface area contributed by atoms with E-state index >= 15 is 0 Å². The van der Waals surface area contributed by atoms with Gasteiger partial charge in [0.2, 0.25) is 0 Å². The van der Waals surface area contributed by atoms with Crippen molar-refractivity contribution in [3.63, 3.8) is 0 Å². The van der Waals surface area contributed by atoms with Gasteiger partial charge in [-0.1, -0.05) is 43.5 Å². The zero-order chi connectivity index (χ0) is 13.1. The molecule has 0 amide bonds. The lowest BCUT2D eigenvalue weighted by Gasteiger charge is -2.12. The van der Waals surface area contributed by atoms with E-state index in [0.717, 1.165) is 10.0 Å². The maximum atomic E-state index is 13.7. The van der Waals surface area contributed by atoms with Gasteiger partial charge in [0.25, 0.3) is 0 Å². The highest BCUT2D eigenvalue weighted by atomic mass is 79.9. The highest BCUT2D eigenvalue weighted by molar-refractivity contribution is 9.10. The molecule has 0 saturated heterocycles. The van der Waals surface area contributed by atoms with Crippen molar-refractivity contribution in [3.8, 4) is 0 Å². The predicted octanol–water partition coefficient (Wildman–Crippen LogP) is 5.32. The van der Waals surface area contributed by atoms with Gasteiger partial charge >= 0.3 is 0 Å². The molecule has 0 aliphatic heterocycles. The van der Waals surface area contributed by atoms with E-state index in [4.69, 9.17) is 11.6 Å². The molecule has 0 radical (unpaired) electrons. The summed E-state index contributed by atoms with van der Waals surface area (Å²) in [6.45, 7) is 0. The molecule has 1 atom stereocenters. The molecule has 94 valence electrons. The number of rotatable bonds is 3. The number of hydrogen-bond donors (Lipinski definition) is 0. The number of alkyl halides is 1. The van der Waals surface area contributed by atoms with Crippen molar-refractivity contribution in [1.82, 2.24) is 4.98 Å². The predicted molar refractivity (Wildman–Crippen MR) is 78.7 cm³/mol. The molecule has 18 heavy (non-hydrogen) atoms. The first kappa shape index (κ1) is 14.0. The lowest BCUT2D eigenvalue weighted by molar-refractivity contribution is 0.607. The van der Waals surface area contributed by atoms with E-state index in [1.165, 1.54) is 6.07 Å².